The van der Waals surface area contributed by atoms with Crippen LogP contribution in [0.25, 0.3) is 11.5 Å². The van der Waals surface area contributed by atoms with E-state index in [1.165, 1.54) is 0 Å². The van der Waals surface area contributed by atoms with E-state index in [9.17, 15) is 4.79 Å². The van der Waals surface area contributed by atoms with Gasteiger partial charge in [-0.2, -0.15) is 0 Å². The average Bonchev–Trinajstić information content (AvgIpc) is 3.26. The summed E-state index contributed by atoms with van der Waals surface area (Å²) in [5, 5.41) is 11.9. The Morgan fingerprint density at radius 1 is 1.22 bits per heavy atom. The van der Waals surface area contributed by atoms with Crippen LogP contribution in [0.5, 0.6) is 5.75 Å². The molecule has 3 aromatic rings. The van der Waals surface area contributed by atoms with Crippen LogP contribution < -0.4 is 15.0 Å². The molecule has 0 bridgehead atoms. The van der Waals surface area contributed by atoms with Gasteiger partial charge >= 0.3 is 0 Å². The minimum absolute atomic E-state index is 0.0629. The fraction of sp³-hybridized carbons (Fsp3) is 0.333. The van der Waals surface area contributed by atoms with E-state index in [2.05, 4.69) is 10.3 Å². The number of aliphatic hydroxyl groups excluding tert-OH is 1. The zero-order valence-corrected chi connectivity index (χ0v) is 18.3. The summed E-state index contributed by atoms with van der Waals surface area (Å²) in [7, 11) is 1.87. The van der Waals surface area contributed by atoms with Crippen molar-refractivity contribution < 1.29 is 14.6 Å². The first-order valence-corrected chi connectivity index (χ1v) is 10.7. The van der Waals surface area contributed by atoms with Gasteiger partial charge in [-0.3, -0.25) is 9.78 Å². The van der Waals surface area contributed by atoms with E-state index >= 15 is 0 Å². The monoisotopic (exact) mass is 433 g/mol. The van der Waals surface area contributed by atoms with E-state index in [0.717, 1.165) is 47.6 Å². The highest BCUT2D eigenvalue weighted by Crippen LogP contribution is 2.31. The Morgan fingerprint density at radius 2 is 2.09 bits per heavy atom. The molecule has 8 heteroatoms. The minimum atomic E-state index is -0.109. The number of aromatic nitrogens is 3. The molecule has 1 aliphatic carbocycles. The highest BCUT2D eigenvalue weighted by Gasteiger charge is 2.23. The molecule has 0 radical (unpaired) electrons. The number of nitrogens with zero attached hydrogens (tertiary/aromatic N) is 4. The summed E-state index contributed by atoms with van der Waals surface area (Å²) >= 11 is 0. The lowest BCUT2D eigenvalue weighted by Gasteiger charge is -2.21. The van der Waals surface area contributed by atoms with E-state index < -0.39 is 0 Å². The molecule has 1 aliphatic rings. The Hall–Kier alpha value is -3.52. The van der Waals surface area contributed by atoms with Crippen molar-refractivity contribution in [3.8, 4) is 17.3 Å². The number of rotatable bonds is 8. The molecule has 0 unspecified atom stereocenters. The van der Waals surface area contributed by atoms with Crippen LogP contribution in [0, 0.1) is 6.92 Å². The predicted octanol–water partition coefficient (Wildman–Crippen LogP) is 2.78. The number of benzene rings is 1. The standard InChI is InChI=1S/C24H27N5O3/c1-16-5-3-6-17(13-16)26-22(31)15-29(2)24-19-7-4-8-20(19)27-23(28-24)21-14-18(9-10-25-21)32-12-11-30/h3,5-6,9-10,13-14,30H,4,7-8,11-12,15H2,1-2H3,(H,26,31). The number of fused-ring (bicyclic) bond motifs is 1. The maximum atomic E-state index is 12.7. The van der Waals surface area contributed by atoms with E-state index in [-0.39, 0.29) is 25.7 Å². The van der Waals surface area contributed by atoms with Gasteiger partial charge in [-0.25, -0.2) is 9.97 Å². The Labute approximate surface area is 187 Å². The summed E-state index contributed by atoms with van der Waals surface area (Å²) in [6.45, 7) is 2.31. The summed E-state index contributed by atoms with van der Waals surface area (Å²) in [5.74, 6) is 1.74. The number of nitrogens with one attached hydrogen (secondary N) is 1. The van der Waals surface area contributed by atoms with Gasteiger partial charge in [0.25, 0.3) is 0 Å². The number of pyridine rings is 1. The highest BCUT2D eigenvalue weighted by atomic mass is 16.5. The van der Waals surface area contributed by atoms with Gasteiger partial charge in [-0.1, -0.05) is 12.1 Å². The lowest BCUT2D eigenvalue weighted by atomic mass is 10.2. The molecular formula is C24H27N5O3. The zero-order valence-electron chi connectivity index (χ0n) is 18.3. The lowest BCUT2D eigenvalue weighted by molar-refractivity contribution is -0.114. The SMILES string of the molecule is Cc1cccc(NC(=O)CN(C)c2nc(-c3cc(OCCO)ccn3)nc3c2CCC3)c1. The van der Waals surface area contributed by atoms with Crippen LogP contribution in [0.3, 0.4) is 0 Å². The smallest absolute Gasteiger partial charge is 0.243 e. The number of carbonyl (C=O) groups is 1. The van der Waals surface area contributed by atoms with Crippen LogP contribution >= 0.6 is 0 Å². The first kappa shape index (κ1) is 21.7. The Bertz CT molecular complexity index is 1120. The van der Waals surface area contributed by atoms with Gasteiger partial charge < -0.3 is 20.1 Å². The largest absolute Gasteiger partial charge is 0.491 e. The molecule has 0 saturated carbocycles. The predicted molar refractivity (Wildman–Crippen MR) is 123 cm³/mol. The normalized spacial score (nSPS) is 12.3. The van der Waals surface area contributed by atoms with Gasteiger partial charge in [-0.15, -0.1) is 0 Å². The number of aryl methyl sites for hydroxylation is 2. The lowest BCUT2D eigenvalue weighted by Crippen LogP contribution is -2.31. The molecule has 166 valence electrons. The van der Waals surface area contributed by atoms with Gasteiger partial charge in [-0.05, 0) is 49.9 Å². The fourth-order valence-electron chi connectivity index (χ4n) is 3.84. The van der Waals surface area contributed by atoms with Gasteiger partial charge in [0.05, 0.1) is 13.2 Å². The maximum absolute atomic E-state index is 12.7. The van der Waals surface area contributed by atoms with Crippen molar-refractivity contribution in [3.63, 3.8) is 0 Å². The molecule has 8 nitrogen and oxygen atoms in total. The zero-order chi connectivity index (χ0) is 22.5. The van der Waals surface area contributed by atoms with Gasteiger partial charge in [0.1, 0.15) is 23.9 Å². The number of anilines is 2. The number of likely N-dealkylation sites (N-methyl/N-ethyl adjacent to an activating group) is 1. The molecule has 2 aromatic heterocycles. The molecule has 1 amide bonds. The quantitative estimate of drug-likeness (QED) is 0.563. The number of amides is 1. The molecule has 1 aromatic carbocycles. The second-order valence-electron chi connectivity index (χ2n) is 7.87. The molecule has 0 aliphatic heterocycles. The fourth-order valence-corrected chi connectivity index (χ4v) is 3.84. The Morgan fingerprint density at radius 3 is 2.91 bits per heavy atom. The summed E-state index contributed by atoms with van der Waals surface area (Å²) < 4.78 is 5.50. The number of ether oxygens (including phenoxy) is 1. The minimum Gasteiger partial charge on any atom is -0.491 e. The highest BCUT2D eigenvalue weighted by molar-refractivity contribution is 5.94. The number of hydrogen-bond donors (Lipinski definition) is 2. The third-order valence-electron chi connectivity index (χ3n) is 5.28. The summed E-state index contributed by atoms with van der Waals surface area (Å²) in [5.41, 5.74) is 4.55. The third-order valence-corrected chi connectivity index (χ3v) is 5.28. The van der Waals surface area contributed by atoms with Crippen molar-refractivity contribution in [1.29, 1.82) is 0 Å². The van der Waals surface area contributed by atoms with Gasteiger partial charge in [0.2, 0.25) is 5.91 Å². The molecule has 0 atom stereocenters. The maximum Gasteiger partial charge on any atom is 0.243 e. The van der Waals surface area contributed by atoms with Crippen LogP contribution in [-0.2, 0) is 17.6 Å². The van der Waals surface area contributed by atoms with E-state index in [1.807, 2.05) is 43.1 Å². The van der Waals surface area contributed by atoms with Crippen molar-refractivity contribution in [2.45, 2.75) is 26.2 Å². The van der Waals surface area contributed by atoms with Crippen molar-refractivity contribution in [1.82, 2.24) is 15.0 Å². The average molecular weight is 434 g/mol. The Balaban J connectivity index is 1.57. The summed E-state index contributed by atoms with van der Waals surface area (Å²) in [6, 6.07) is 11.2. The van der Waals surface area contributed by atoms with Crippen molar-refractivity contribution >= 4 is 17.4 Å². The first-order valence-electron chi connectivity index (χ1n) is 10.7. The van der Waals surface area contributed by atoms with E-state index in [4.69, 9.17) is 19.8 Å². The number of hydrogen-bond acceptors (Lipinski definition) is 7. The topological polar surface area (TPSA) is 100 Å². The van der Waals surface area contributed by atoms with Gasteiger partial charge in [0.15, 0.2) is 5.82 Å². The van der Waals surface area contributed by atoms with Gasteiger partial charge in [0, 0.05) is 36.3 Å². The summed E-state index contributed by atoms with van der Waals surface area (Å²) in [6.07, 6.45) is 4.41. The number of aliphatic hydroxyl groups is 1. The van der Waals surface area contributed by atoms with Crippen molar-refractivity contribution in [3.05, 3.63) is 59.4 Å². The van der Waals surface area contributed by atoms with E-state index in [0.29, 0.717) is 17.3 Å². The first-order chi connectivity index (χ1) is 15.5. The van der Waals surface area contributed by atoms with Crippen molar-refractivity contribution in [2.75, 3.05) is 37.0 Å². The molecule has 2 heterocycles. The van der Waals surface area contributed by atoms with Crippen molar-refractivity contribution in [2.24, 2.45) is 0 Å². The molecule has 0 fully saturated rings. The molecule has 4 rings (SSSR count). The van der Waals surface area contributed by atoms with Crippen LogP contribution in [0.1, 0.15) is 23.2 Å². The second-order valence-corrected chi connectivity index (χ2v) is 7.87. The molecule has 32 heavy (non-hydrogen) atoms. The summed E-state index contributed by atoms with van der Waals surface area (Å²) in [4.78, 5) is 28.4. The van der Waals surface area contributed by atoms with Crippen LogP contribution in [0.2, 0.25) is 0 Å². The molecule has 0 spiro atoms. The number of carbonyl (C=O) groups excluding carboxylic acids is 1. The molecular weight excluding hydrogens is 406 g/mol. The Kier molecular flexibility index (Phi) is 6.61. The van der Waals surface area contributed by atoms with Crippen LogP contribution in [-0.4, -0.2) is 52.8 Å². The van der Waals surface area contributed by atoms with Crippen LogP contribution in [0.15, 0.2) is 42.6 Å². The molecule has 2 N–H and O–H groups in total. The van der Waals surface area contributed by atoms with Crippen LogP contribution in [0.4, 0.5) is 11.5 Å². The molecule has 0 saturated heterocycles. The third kappa shape index (κ3) is 5.03. The second kappa shape index (κ2) is 9.74. The van der Waals surface area contributed by atoms with E-state index in [1.54, 1.807) is 18.3 Å².